The van der Waals surface area contributed by atoms with Crippen molar-refractivity contribution in [2.75, 3.05) is 11.1 Å². The lowest BCUT2D eigenvalue weighted by Gasteiger charge is -2.01. The van der Waals surface area contributed by atoms with Crippen molar-refractivity contribution in [3.8, 4) is 0 Å². The maximum atomic E-state index is 13.0. The van der Waals surface area contributed by atoms with Crippen molar-refractivity contribution in [3.05, 3.63) is 29.8 Å². The van der Waals surface area contributed by atoms with Crippen molar-refractivity contribution in [2.24, 2.45) is 0 Å². The number of benzene rings is 1. The summed E-state index contributed by atoms with van der Waals surface area (Å²) in [6.07, 6.45) is 0.974. The zero-order valence-electron chi connectivity index (χ0n) is 6.90. The van der Waals surface area contributed by atoms with Gasteiger partial charge < -0.3 is 0 Å². The van der Waals surface area contributed by atoms with Crippen molar-refractivity contribution in [3.63, 3.8) is 0 Å². The number of thioether (sulfide) groups is 1. The highest BCUT2D eigenvalue weighted by Crippen LogP contribution is 2.22. The molecule has 0 aliphatic carbocycles. The number of hydrogen-bond acceptors (Lipinski definition) is 1. The summed E-state index contributed by atoms with van der Waals surface area (Å²) in [4.78, 5) is 0.516. The zero-order chi connectivity index (χ0) is 9.68. The van der Waals surface area contributed by atoms with Gasteiger partial charge in [-0.15, -0.1) is 11.8 Å². The Kier molecular flexibility index (Phi) is 4.73. The Morgan fingerprint density at radius 2 is 2.08 bits per heavy atom. The van der Waals surface area contributed by atoms with E-state index in [1.165, 1.54) is 23.9 Å². The van der Waals surface area contributed by atoms with Gasteiger partial charge in [0.05, 0.1) is 0 Å². The van der Waals surface area contributed by atoms with Crippen molar-refractivity contribution in [1.29, 1.82) is 0 Å². The molecule has 0 amide bonds. The first-order valence-corrected chi connectivity index (χ1v) is 5.98. The first-order valence-electron chi connectivity index (χ1n) is 3.88. The molecule has 0 unspecified atom stereocenters. The van der Waals surface area contributed by atoms with Crippen molar-refractivity contribution < 1.29 is 8.78 Å². The molecule has 13 heavy (non-hydrogen) atoms. The van der Waals surface area contributed by atoms with Gasteiger partial charge in [0.1, 0.15) is 11.6 Å². The molecular formula is C9H9BrF2S. The number of hydrogen-bond donors (Lipinski definition) is 0. The van der Waals surface area contributed by atoms with Crippen LogP contribution in [0.1, 0.15) is 6.42 Å². The summed E-state index contributed by atoms with van der Waals surface area (Å²) in [5, 5.41) is 0.906. The maximum Gasteiger partial charge on any atom is 0.139 e. The second-order valence-corrected chi connectivity index (χ2v) is 4.40. The standard InChI is InChI=1S/C9H9BrF2S/c10-4-1-5-13-9-3-2-7(11)6-8(9)12/h2-3,6H,1,4-5H2. The molecule has 0 N–H and O–H groups in total. The Morgan fingerprint density at radius 3 is 2.69 bits per heavy atom. The van der Waals surface area contributed by atoms with Gasteiger partial charge in [0, 0.05) is 16.3 Å². The molecule has 0 spiro atoms. The van der Waals surface area contributed by atoms with Gasteiger partial charge in [0.15, 0.2) is 0 Å². The molecule has 0 heterocycles. The molecule has 0 aliphatic heterocycles. The molecule has 0 nitrogen and oxygen atoms in total. The lowest BCUT2D eigenvalue weighted by atomic mass is 10.3. The van der Waals surface area contributed by atoms with Crippen LogP contribution in [0.2, 0.25) is 0 Å². The maximum absolute atomic E-state index is 13.0. The van der Waals surface area contributed by atoms with E-state index in [4.69, 9.17) is 0 Å². The van der Waals surface area contributed by atoms with Crippen LogP contribution in [-0.2, 0) is 0 Å². The Balaban J connectivity index is 2.56. The van der Waals surface area contributed by atoms with Crippen LogP contribution < -0.4 is 0 Å². The van der Waals surface area contributed by atoms with Gasteiger partial charge in [-0.05, 0) is 24.3 Å². The highest BCUT2D eigenvalue weighted by atomic mass is 79.9. The Hall–Kier alpha value is -0.0900. The molecule has 0 fully saturated rings. The Morgan fingerprint density at radius 1 is 1.31 bits per heavy atom. The number of alkyl halides is 1. The van der Waals surface area contributed by atoms with Gasteiger partial charge in [0.2, 0.25) is 0 Å². The smallest absolute Gasteiger partial charge is 0.139 e. The summed E-state index contributed by atoms with van der Waals surface area (Å²) < 4.78 is 25.5. The summed E-state index contributed by atoms with van der Waals surface area (Å²) in [7, 11) is 0. The predicted octanol–water partition coefficient (Wildman–Crippen LogP) is 3.84. The molecule has 0 radical (unpaired) electrons. The third-order valence-corrected chi connectivity index (χ3v) is 3.13. The first-order chi connectivity index (χ1) is 6.24. The van der Waals surface area contributed by atoms with Crippen molar-refractivity contribution in [1.82, 2.24) is 0 Å². The van der Waals surface area contributed by atoms with Gasteiger partial charge in [-0.2, -0.15) is 0 Å². The second-order valence-electron chi connectivity index (χ2n) is 2.47. The topological polar surface area (TPSA) is 0 Å². The van der Waals surface area contributed by atoms with E-state index < -0.39 is 11.6 Å². The molecule has 1 rings (SSSR count). The zero-order valence-corrected chi connectivity index (χ0v) is 9.30. The van der Waals surface area contributed by atoms with Crippen LogP contribution >= 0.6 is 27.7 Å². The summed E-state index contributed by atoms with van der Waals surface area (Å²) in [5.74, 6) is -0.157. The molecule has 0 saturated carbocycles. The molecule has 1 aromatic rings. The van der Waals surface area contributed by atoms with E-state index in [0.29, 0.717) is 4.90 Å². The Bertz CT molecular complexity index is 278. The van der Waals surface area contributed by atoms with Gasteiger partial charge in [-0.1, -0.05) is 15.9 Å². The lowest BCUT2D eigenvalue weighted by molar-refractivity contribution is 0.565. The fourth-order valence-corrected chi connectivity index (χ4v) is 2.35. The monoisotopic (exact) mass is 266 g/mol. The van der Waals surface area contributed by atoms with Crippen LogP contribution in [0.4, 0.5) is 8.78 Å². The molecule has 0 bridgehead atoms. The quantitative estimate of drug-likeness (QED) is 0.453. The summed E-state index contributed by atoms with van der Waals surface area (Å²) in [5.41, 5.74) is 0. The van der Waals surface area contributed by atoms with E-state index in [9.17, 15) is 8.78 Å². The van der Waals surface area contributed by atoms with E-state index in [-0.39, 0.29) is 0 Å². The fourth-order valence-electron chi connectivity index (χ4n) is 0.829. The summed E-state index contributed by atoms with van der Waals surface area (Å²) in [6, 6.07) is 3.67. The molecule has 4 heteroatoms. The average molecular weight is 267 g/mol. The summed E-state index contributed by atoms with van der Waals surface area (Å²) >= 11 is 4.69. The molecule has 0 aliphatic rings. The molecule has 1 aromatic carbocycles. The van der Waals surface area contributed by atoms with Crippen LogP contribution in [0.3, 0.4) is 0 Å². The summed E-state index contributed by atoms with van der Waals surface area (Å²) in [6.45, 7) is 0. The molecule has 0 aromatic heterocycles. The van der Waals surface area contributed by atoms with Crippen molar-refractivity contribution >= 4 is 27.7 Å². The van der Waals surface area contributed by atoms with Gasteiger partial charge in [-0.3, -0.25) is 0 Å². The highest BCUT2D eigenvalue weighted by molar-refractivity contribution is 9.09. The van der Waals surface area contributed by atoms with E-state index in [1.54, 1.807) is 0 Å². The lowest BCUT2D eigenvalue weighted by Crippen LogP contribution is -1.86. The largest absolute Gasteiger partial charge is 0.207 e. The number of halogens is 3. The van der Waals surface area contributed by atoms with Gasteiger partial charge >= 0.3 is 0 Å². The van der Waals surface area contributed by atoms with Crippen molar-refractivity contribution in [2.45, 2.75) is 11.3 Å². The predicted molar refractivity (Wildman–Crippen MR) is 55.5 cm³/mol. The SMILES string of the molecule is Fc1ccc(SCCCBr)c(F)c1. The average Bonchev–Trinajstić information content (AvgIpc) is 2.09. The van der Waals surface area contributed by atoms with Gasteiger partial charge in [0.25, 0.3) is 0 Å². The Labute approximate surface area is 88.8 Å². The van der Waals surface area contributed by atoms with E-state index in [2.05, 4.69) is 15.9 Å². The van der Waals surface area contributed by atoms with E-state index >= 15 is 0 Å². The van der Waals surface area contributed by atoms with Gasteiger partial charge in [-0.25, -0.2) is 8.78 Å². The van der Waals surface area contributed by atoms with E-state index in [1.807, 2.05) is 0 Å². The minimum absolute atomic E-state index is 0.473. The molecule has 0 atom stereocenters. The molecular weight excluding hydrogens is 258 g/mol. The van der Waals surface area contributed by atoms with Crippen LogP contribution in [-0.4, -0.2) is 11.1 Å². The highest BCUT2D eigenvalue weighted by Gasteiger charge is 2.03. The first kappa shape index (κ1) is 11.0. The third kappa shape index (κ3) is 3.65. The third-order valence-electron chi connectivity index (χ3n) is 1.43. The normalized spacial score (nSPS) is 10.4. The van der Waals surface area contributed by atoms with Crippen LogP contribution in [0, 0.1) is 11.6 Å². The van der Waals surface area contributed by atoms with E-state index in [0.717, 1.165) is 23.6 Å². The molecule has 72 valence electrons. The number of rotatable bonds is 4. The minimum Gasteiger partial charge on any atom is -0.207 e. The minimum atomic E-state index is -0.526. The van der Waals surface area contributed by atoms with Crippen LogP contribution in [0.25, 0.3) is 0 Å². The molecule has 0 saturated heterocycles. The fraction of sp³-hybridized carbons (Fsp3) is 0.333. The van der Waals surface area contributed by atoms with Crippen LogP contribution in [0.5, 0.6) is 0 Å². The second kappa shape index (κ2) is 5.60. The van der Waals surface area contributed by atoms with Crippen LogP contribution in [0.15, 0.2) is 23.1 Å².